The summed E-state index contributed by atoms with van der Waals surface area (Å²) in [5, 5.41) is 0. The fourth-order valence-electron chi connectivity index (χ4n) is 0.929. The van der Waals surface area contributed by atoms with Crippen LogP contribution in [0.3, 0.4) is 0 Å². The molecule has 2 heteroatoms. The van der Waals surface area contributed by atoms with Crippen molar-refractivity contribution in [3.05, 3.63) is 0 Å². The molecule has 0 bridgehead atoms. The molecule has 0 N–H and O–H groups in total. The first-order valence-electron chi connectivity index (χ1n) is 4.36. The minimum Gasteiger partial charge on any atom is -0.244 e. The van der Waals surface area contributed by atoms with E-state index in [4.69, 9.17) is 0 Å². The van der Waals surface area contributed by atoms with Crippen molar-refractivity contribution < 1.29 is 8.78 Å². The largest absolute Gasteiger partial charge is 0.244 e. The van der Waals surface area contributed by atoms with Crippen LogP contribution in [0.1, 0.15) is 40.0 Å². The van der Waals surface area contributed by atoms with Crippen LogP contribution in [0.2, 0.25) is 0 Å². The van der Waals surface area contributed by atoms with Gasteiger partial charge in [0.1, 0.15) is 12.3 Å². The van der Waals surface area contributed by atoms with Crippen molar-refractivity contribution in [3.8, 4) is 0 Å². The van der Waals surface area contributed by atoms with E-state index in [1.54, 1.807) is 6.92 Å². The normalized spacial score (nSPS) is 16.9. The number of alkyl halides is 2. The summed E-state index contributed by atoms with van der Waals surface area (Å²) >= 11 is 0. The van der Waals surface area contributed by atoms with Crippen LogP contribution in [0.5, 0.6) is 0 Å². The van der Waals surface area contributed by atoms with Crippen LogP contribution in [-0.4, -0.2) is 12.3 Å². The van der Waals surface area contributed by atoms with Gasteiger partial charge in [-0.1, -0.05) is 20.8 Å². The van der Waals surface area contributed by atoms with E-state index in [1.165, 1.54) is 0 Å². The zero-order valence-corrected chi connectivity index (χ0v) is 7.61. The van der Waals surface area contributed by atoms with Gasteiger partial charge >= 0.3 is 0 Å². The Labute approximate surface area is 68.0 Å². The molecule has 68 valence electrons. The summed E-state index contributed by atoms with van der Waals surface area (Å²) in [5.74, 6) is 0.470. The standard InChI is InChI=1S/C9H18F2/c1-4-8(10)9(11)6-5-7(2)3/h7-9H,4-6H2,1-3H3. The topological polar surface area (TPSA) is 0 Å². The highest BCUT2D eigenvalue weighted by Crippen LogP contribution is 2.16. The average molecular weight is 164 g/mol. The highest BCUT2D eigenvalue weighted by molar-refractivity contribution is 4.66. The first-order valence-corrected chi connectivity index (χ1v) is 4.36. The van der Waals surface area contributed by atoms with Gasteiger partial charge in [0.25, 0.3) is 0 Å². The smallest absolute Gasteiger partial charge is 0.131 e. The van der Waals surface area contributed by atoms with Crippen LogP contribution in [-0.2, 0) is 0 Å². The van der Waals surface area contributed by atoms with E-state index in [0.717, 1.165) is 6.42 Å². The highest BCUT2D eigenvalue weighted by Gasteiger charge is 2.17. The maximum absolute atomic E-state index is 12.8. The van der Waals surface area contributed by atoms with Crippen molar-refractivity contribution in [2.75, 3.05) is 0 Å². The van der Waals surface area contributed by atoms with E-state index in [-0.39, 0.29) is 0 Å². The molecule has 0 rings (SSSR count). The molecule has 0 aliphatic heterocycles. The molecule has 0 aromatic rings. The lowest BCUT2D eigenvalue weighted by atomic mass is 10.0. The minimum atomic E-state index is -1.26. The zero-order chi connectivity index (χ0) is 8.85. The predicted octanol–water partition coefficient (Wildman–Crippen LogP) is 3.51. The molecule has 0 aliphatic carbocycles. The molecular weight excluding hydrogens is 146 g/mol. The Bertz CT molecular complexity index is 91.6. The van der Waals surface area contributed by atoms with Crippen LogP contribution in [0.4, 0.5) is 8.78 Å². The molecule has 0 nitrogen and oxygen atoms in total. The number of hydrogen-bond donors (Lipinski definition) is 0. The van der Waals surface area contributed by atoms with Gasteiger partial charge in [0.2, 0.25) is 0 Å². The van der Waals surface area contributed by atoms with Gasteiger partial charge in [-0.25, -0.2) is 8.78 Å². The molecule has 0 aromatic carbocycles. The van der Waals surface area contributed by atoms with E-state index >= 15 is 0 Å². The van der Waals surface area contributed by atoms with Gasteiger partial charge < -0.3 is 0 Å². The molecule has 2 atom stereocenters. The third-order valence-corrected chi connectivity index (χ3v) is 1.80. The lowest BCUT2D eigenvalue weighted by molar-refractivity contribution is 0.147. The Morgan fingerprint density at radius 3 is 1.91 bits per heavy atom. The summed E-state index contributed by atoms with van der Waals surface area (Å²) in [5.41, 5.74) is 0. The second-order valence-electron chi connectivity index (χ2n) is 3.41. The first-order chi connectivity index (χ1) is 5.07. The Hall–Kier alpha value is -0.140. The second kappa shape index (κ2) is 5.50. The Morgan fingerprint density at radius 2 is 1.55 bits per heavy atom. The van der Waals surface area contributed by atoms with Crippen molar-refractivity contribution in [2.45, 2.75) is 52.4 Å². The van der Waals surface area contributed by atoms with Gasteiger partial charge in [0, 0.05) is 0 Å². The van der Waals surface area contributed by atoms with Gasteiger partial charge in [-0.2, -0.15) is 0 Å². The summed E-state index contributed by atoms with van der Waals surface area (Å²) in [4.78, 5) is 0. The van der Waals surface area contributed by atoms with Crippen LogP contribution >= 0.6 is 0 Å². The van der Waals surface area contributed by atoms with Crippen molar-refractivity contribution in [1.29, 1.82) is 0 Å². The number of rotatable bonds is 5. The van der Waals surface area contributed by atoms with E-state index in [2.05, 4.69) is 0 Å². The Balaban J connectivity index is 3.43. The molecule has 0 saturated carbocycles. The first kappa shape index (κ1) is 10.9. The SMILES string of the molecule is CCC(F)C(F)CCC(C)C. The molecule has 11 heavy (non-hydrogen) atoms. The van der Waals surface area contributed by atoms with Gasteiger partial charge in [0.05, 0.1) is 0 Å². The van der Waals surface area contributed by atoms with E-state index < -0.39 is 12.3 Å². The fourth-order valence-corrected chi connectivity index (χ4v) is 0.929. The Morgan fingerprint density at radius 1 is 1.00 bits per heavy atom. The van der Waals surface area contributed by atoms with Crippen LogP contribution in [0, 0.1) is 5.92 Å². The fraction of sp³-hybridized carbons (Fsp3) is 1.00. The molecule has 2 unspecified atom stereocenters. The average Bonchev–Trinajstić information content (AvgIpc) is 1.98. The quantitative estimate of drug-likeness (QED) is 0.583. The molecule has 0 fully saturated rings. The molecular formula is C9H18F2. The molecule has 0 aliphatic rings. The third-order valence-electron chi connectivity index (χ3n) is 1.80. The van der Waals surface area contributed by atoms with Gasteiger partial charge in [-0.05, 0) is 25.2 Å². The number of halogens is 2. The Kier molecular flexibility index (Phi) is 5.43. The summed E-state index contributed by atoms with van der Waals surface area (Å²) in [7, 11) is 0. The highest BCUT2D eigenvalue weighted by atomic mass is 19.2. The van der Waals surface area contributed by atoms with Crippen molar-refractivity contribution >= 4 is 0 Å². The summed E-state index contributed by atoms with van der Waals surface area (Å²) in [6.07, 6.45) is -1.07. The predicted molar refractivity (Wildman–Crippen MR) is 44.2 cm³/mol. The van der Waals surface area contributed by atoms with Gasteiger partial charge in [0.15, 0.2) is 0 Å². The summed E-state index contributed by atoms with van der Waals surface area (Å²) < 4.78 is 25.4. The van der Waals surface area contributed by atoms with E-state index in [9.17, 15) is 8.78 Å². The molecule has 0 amide bonds. The molecule has 0 aromatic heterocycles. The van der Waals surface area contributed by atoms with Crippen LogP contribution in [0.25, 0.3) is 0 Å². The van der Waals surface area contributed by atoms with Crippen LogP contribution < -0.4 is 0 Å². The lowest BCUT2D eigenvalue weighted by Crippen LogP contribution is -2.16. The maximum Gasteiger partial charge on any atom is 0.131 e. The van der Waals surface area contributed by atoms with Crippen LogP contribution in [0.15, 0.2) is 0 Å². The molecule has 0 saturated heterocycles. The molecule has 0 spiro atoms. The summed E-state index contributed by atoms with van der Waals surface area (Å²) in [6.45, 7) is 5.71. The zero-order valence-electron chi connectivity index (χ0n) is 7.61. The monoisotopic (exact) mass is 164 g/mol. The second-order valence-corrected chi connectivity index (χ2v) is 3.41. The van der Waals surface area contributed by atoms with Crippen molar-refractivity contribution in [3.63, 3.8) is 0 Å². The van der Waals surface area contributed by atoms with Crippen molar-refractivity contribution in [1.82, 2.24) is 0 Å². The maximum atomic E-state index is 12.8. The third kappa shape index (κ3) is 5.16. The lowest BCUT2D eigenvalue weighted by Gasteiger charge is -2.12. The van der Waals surface area contributed by atoms with E-state index in [1.807, 2.05) is 13.8 Å². The summed E-state index contributed by atoms with van der Waals surface area (Å²) in [6, 6.07) is 0. The number of hydrogen-bond acceptors (Lipinski definition) is 0. The molecule has 0 radical (unpaired) electrons. The van der Waals surface area contributed by atoms with E-state index in [0.29, 0.717) is 18.8 Å². The van der Waals surface area contributed by atoms with Gasteiger partial charge in [-0.15, -0.1) is 0 Å². The minimum absolute atomic E-state index is 0.291. The molecule has 0 heterocycles. The van der Waals surface area contributed by atoms with Gasteiger partial charge in [-0.3, -0.25) is 0 Å². The van der Waals surface area contributed by atoms with Crippen molar-refractivity contribution in [2.24, 2.45) is 5.92 Å².